The number of carbonyl (C=O) groups is 2. The minimum absolute atomic E-state index is 0.00934. The molecule has 0 radical (unpaired) electrons. The maximum absolute atomic E-state index is 12.5. The van der Waals surface area contributed by atoms with Gasteiger partial charge in [0.25, 0.3) is 0 Å². The normalized spacial score (nSPS) is 12.7. The van der Waals surface area contributed by atoms with E-state index < -0.39 is 12.1 Å². The van der Waals surface area contributed by atoms with Gasteiger partial charge in [0.1, 0.15) is 0 Å². The Hall–Kier alpha value is -1.66. The zero-order valence-corrected chi connectivity index (χ0v) is 43.7. The molecule has 0 rings (SSSR count). The average molecular weight is 917 g/mol. The van der Waals surface area contributed by atoms with Crippen LogP contribution in [0, 0.1) is 0 Å². The minimum Gasteiger partial charge on any atom is -0.466 e. The fourth-order valence-corrected chi connectivity index (χ4v) is 8.98. The van der Waals surface area contributed by atoms with Crippen LogP contribution in [0.3, 0.4) is 0 Å². The molecule has 3 N–H and O–H groups in total. The molecule has 1 amide bonds. The summed E-state index contributed by atoms with van der Waals surface area (Å²) in [5.41, 5.74) is 0. The van der Waals surface area contributed by atoms with Crippen molar-refractivity contribution in [3.8, 4) is 0 Å². The van der Waals surface area contributed by atoms with Crippen LogP contribution in [0.1, 0.15) is 316 Å². The largest absolute Gasteiger partial charge is 0.466 e. The van der Waals surface area contributed by atoms with Gasteiger partial charge in [0.2, 0.25) is 5.91 Å². The van der Waals surface area contributed by atoms with Crippen molar-refractivity contribution < 1.29 is 24.5 Å². The monoisotopic (exact) mass is 916 g/mol. The van der Waals surface area contributed by atoms with E-state index in [1.165, 1.54) is 218 Å². The molecule has 384 valence electrons. The van der Waals surface area contributed by atoms with Crippen molar-refractivity contribution in [1.82, 2.24) is 5.32 Å². The summed E-state index contributed by atoms with van der Waals surface area (Å²) >= 11 is 0. The van der Waals surface area contributed by atoms with E-state index in [1.807, 2.05) is 6.08 Å². The summed E-state index contributed by atoms with van der Waals surface area (Å²) in [7, 11) is 0. The molecule has 0 saturated heterocycles. The number of aliphatic hydroxyl groups is 2. The first-order valence-electron chi connectivity index (χ1n) is 29.1. The number of allylic oxidation sites excluding steroid dienone is 3. The number of nitrogens with one attached hydrogen (secondary N) is 1. The molecule has 0 aromatic carbocycles. The van der Waals surface area contributed by atoms with Gasteiger partial charge in [-0.3, -0.25) is 9.59 Å². The van der Waals surface area contributed by atoms with E-state index in [0.29, 0.717) is 19.4 Å². The smallest absolute Gasteiger partial charge is 0.305 e. The van der Waals surface area contributed by atoms with Crippen LogP contribution in [0.4, 0.5) is 0 Å². The van der Waals surface area contributed by atoms with Gasteiger partial charge in [-0.05, 0) is 57.8 Å². The molecule has 0 heterocycles. The predicted octanol–water partition coefficient (Wildman–Crippen LogP) is 17.9. The quantitative estimate of drug-likeness (QED) is 0.0321. The standard InChI is InChI=1S/C59H113NO5/c1-3-5-7-9-11-13-15-17-18-19-20-21-22-24-28-31-35-39-43-47-51-57(62)56(55-61)60-58(63)52-48-44-40-36-32-29-25-23-26-30-34-38-42-46-50-54-65-59(64)53-49-45-41-37-33-27-16-14-12-10-8-6-4-2/h26,30,47,51,56-57,61-62H,3-25,27-29,31-46,48-50,52-55H2,1-2H3,(H,60,63)/b30-26-,51-47+. The molecule has 0 aromatic rings. The number of hydrogen-bond acceptors (Lipinski definition) is 5. The third-order valence-electron chi connectivity index (χ3n) is 13.5. The van der Waals surface area contributed by atoms with E-state index in [0.717, 1.165) is 70.6 Å². The lowest BCUT2D eigenvalue weighted by molar-refractivity contribution is -0.143. The fraction of sp³-hybridized carbons (Fsp3) is 0.898. The van der Waals surface area contributed by atoms with Gasteiger partial charge in [0, 0.05) is 12.8 Å². The van der Waals surface area contributed by atoms with Crippen LogP contribution < -0.4 is 5.32 Å². The van der Waals surface area contributed by atoms with Crippen LogP contribution in [0.15, 0.2) is 24.3 Å². The molecule has 0 fully saturated rings. The maximum Gasteiger partial charge on any atom is 0.305 e. The maximum atomic E-state index is 12.5. The van der Waals surface area contributed by atoms with E-state index in [4.69, 9.17) is 4.74 Å². The summed E-state index contributed by atoms with van der Waals surface area (Å²) in [6.45, 7) is 4.89. The van der Waals surface area contributed by atoms with Gasteiger partial charge in [0.05, 0.1) is 25.4 Å². The van der Waals surface area contributed by atoms with Gasteiger partial charge in [-0.25, -0.2) is 0 Å². The lowest BCUT2D eigenvalue weighted by Gasteiger charge is -2.20. The first-order chi connectivity index (χ1) is 32.0. The number of rotatable bonds is 54. The second kappa shape index (κ2) is 54.9. The SMILES string of the molecule is CCCCCCCCCCCCCCCCCCCC/C=C/C(O)C(CO)NC(=O)CCCCCCCCC/C=C\CCCCCCOC(=O)CCCCCCCCCCCCCCC. The van der Waals surface area contributed by atoms with Crippen molar-refractivity contribution in [2.45, 2.75) is 328 Å². The Morgan fingerprint density at radius 1 is 0.415 bits per heavy atom. The highest BCUT2D eigenvalue weighted by molar-refractivity contribution is 5.76. The number of carbonyl (C=O) groups excluding carboxylic acids is 2. The number of hydrogen-bond donors (Lipinski definition) is 3. The van der Waals surface area contributed by atoms with Gasteiger partial charge in [0.15, 0.2) is 0 Å². The van der Waals surface area contributed by atoms with Gasteiger partial charge < -0.3 is 20.3 Å². The molecule has 0 aromatic heterocycles. The summed E-state index contributed by atoms with van der Waals surface area (Å²) in [6, 6.07) is -0.639. The predicted molar refractivity (Wildman–Crippen MR) is 283 cm³/mol. The molecule has 0 aliphatic rings. The number of unbranched alkanes of at least 4 members (excludes halogenated alkanes) is 41. The zero-order chi connectivity index (χ0) is 47.2. The molecule has 0 saturated carbocycles. The van der Waals surface area contributed by atoms with Gasteiger partial charge in [-0.15, -0.1) is 0 Å². The Morgan fingerprint density at radius 3 is 1.09 bits per heavy atom. The van der Waals surface area contributed by atoms with E-state index >= 15 is 0 Å². The van der Waals surface area contributed by atoms with Gasteiger partial charge >= 0.3 is 5.97 Å². The number of amides is 1. The molecule has 0 aliphatic carbocycles. The lowest BCUT2D eigenvalue weighted by Crippen LogP contribution is -2.45. The topological polar surface area (TPSA) is 95.9 Å². The van der Waals surface area contributed by atoms with Crippen molar-refractivity contribution in [3.05, 3.63) is 24.3 Å². The number of ether oxygens (including phenoxy) is 1. The molecule has 6 nitrogen and oxygen atoms in total. The third kappa shape index (κ3) is 51.6. The van der Waals surface area contributed by atoms with Crippen molar-refractivity contribution in [2.75, 3.05) is 13.2 Å². The van der Waals surface area contributed by atoms with E-state index in [1.54, 1.807) is 6.08 Å². The van der Waals surface area contributed by atoms with Gasteiger partial charge in [-0.2, -0.15) is 0 Å². The zero-order valence-electron chi connectivity index (χ0n) is 43.7. The second-order valence-electron chi connectivity index (χ2n) is 20.0. The van der Waals surface area contributed by atoms with E-state index in [2.05, 4.69) is 31.3 Å². The van der Waals surface area contributed by atoms with Gasteiger partial charge in [-0.1, -0.05) is 269 Å². The first kappa shape index (κ1) is 63.3. The molecule has 6 heteroatoms. The minimum atomic E-state index is -0.855. The molecule has 65 heavy (non-hydrogen) atoms. The molecular weight excluding hydrogens is 803 g/mol. The van der Waals surface area contributed by atoms with Crippen LogP contribution >= 0.6 is 0 Å². The Labute approximate surface area is 405 Å². The Kier molecular flexibility index (Phi) is 53.5. The highest BCUT2D eigenvalue weighted by Gasteiger charge is 2.18. The highest BCUT2D eigenvalue weighted by atomic mass is 16.5. The second-order valence-corrected chi connectivity index (χ2v) is 20.0. The van der Waals surface area contributed by atoms with Crippen LogP contribution in [0.25, 0.3) is 0 Å². The summed E-state index contributed by atoms with van der Waals surface area (Å²) in [5, 5.41) is 23.2. The van der Waals surface area contributed by atoms with Crippen LogP contribution in [-0.4, -0.2) is 47.4 Å². The molecule has 0 aliphatic heterocycles. The van der Waals surface area contributed by atoms with E-state index in [-0.39, 0.29) is 18.5 Å². The summed E-state index contributed by atoms with van der Waals surface area (Å²) in [5.74, 6) is -0.0900. The molecule has 2 unspecified atom stereocenters. The Morgan fingerprint density at radius 2 is 0.723 bits per heavy atom. The number of esters is 1. The molecular formula is C59H113NO5. The highest BCUT2D eigenvalue weighted by Crippen LogP contribution is 2.17. The molecule has 2 atom stereocenters. The Bertz CT molecular complexity index is 1010. The van der Waals surface area contributed by atoms with Crippen molar-refractivity contribution >= 4 is 11.9 Å². The summed E-state index contributed by atoms with van der Waals surface area (Å²) in [4.78, 5) is 24.5. The molecule has 0 spiro atoms. The summed E-state index contributed by atoms with van der Waals surface area (Å²) < 4.78 is 5.46. The van der Waals surface area contributed by atoms with E-state index in [9.17, 15) is 19.8 Å². The third-order valence-corrected chi connectivity index (χ3v) is 13.5. The van der Waals surface area contributed by atoms with Crippen molar-refractivity contribution in [2.24, 2.45) is 0 Å². The molecule has 0 bridgehead atoms. The summed E-state index contributed by atoms with van der Waals surface area (Å²) in [6.07, 6.45) is 66.2. The van der Waals surface area contributed by atoms with Crippen LogP contribution in [0.2, 0.25) is 0 Å². The first-order valence-corrected chi connectivity index (χ1v) is 29.1. The van der Waals surface area contributed by atoms with Crippen molar-refractivity contribution in [3.63, 3.8) is 0 Å². The Balaban J connectivity index is 3.50. The van der Waals surface area contributed by atoms with Crippen LogP contribution in [-0.2, 0) is 14.3 Å². The average Bonchev–Trinajstić information content (AvgIpc) is 3.31. The van der Waals surface area contributed by atoms with Crippen LogP contribution in [0.5, 0.6) is 0 Å². The lowest BCUT2D eigenvalue weighted by atomic mass is 10.0. The van der Waals surface area contributed by atoms with Crippen molar-refractivity contribution in [1.29, 1.82) is 0 Å². The number of aliphatic hydroxyl groups excluding tert-OH is 2. The fourth-order valence-electron chi connectivity index (χ4n) is 8.98.